The van der Waals surface area contributed by atoms with Crippen molar-refractivity contribution in [3.63, 3.8) is 0 Å². The molecule has 3 aromatic rings. The summed E-state index contributed by atoms with van der Waals surface area (Å²) < 4.78 is 68.6. The largest absolute Gasteiger partial charge is 0.490 e. The fourth-order valence-corrected chi connectivity index (χ4v) is 3.17. The third-order valence-electron chi connectivity index (χ3n) is 3.96. The Morgan fingerprint density at radius 2 is 1.97 bits per heavy atom. The van der Waals surface area contributed by atoms with E-state index in [1.165, 1.54) is 18.5 Å². The molecule has 0 saturated carbocycles. The van der Waals surface area contributed by atoms with Crippen molar-refractivity contribution < 1.29 is 26.5 Å². The number of nitrogen functional groups attached to an aromatic ring is 1. The van der Waals surface area contributed by atoms with Crippen molar-refractivity contribution in [2.45, 2.75) is 12.4 Å². The Hall–Kier alpha value is -2.99. The Kier molecular flexibility index (Phi) is 6.37. The number of hydrogen-bond donors (Lipinski definition) is 3. The van der Waals surface area contributed by atoms with E-state index in [-0.39, 0.29) is 18.9 Å². The quantitative estimate of drug-likeness (QED) is 0.293. The van der Waals surface area contributed by atoms with Crippen molar-refractivity contribution in [1.29, 1.82) is 0 Å². The molecule has 2 aromatic carbocycles. The molecule has 30 heavy (non-hydrogen) atoms. The third-order valence-corrected chi connectivity index (χ3v) is 4.84. The van der Waals surface area contributed by atoms with Crippen LogP contribution >= 0.6 is 0 Å². The molecule has 3 rings (SSSR count). The van der Waals surface area contributed by atoms with Crippen molar-refractivity contribution in [1.82, 2.24) is 14.7 Å². The highest BCUT2D eigenvalue weighted by atomic mass is 32.2. The number of halogens is 4. The van der Waals surface area contributed by atoms with Crippen LogP contribution in [0.2, 0.25) is 0 Å². The van der Waals surface area contributed by atoms with Gasteiger partial charge in [0.25, 0.3) is 0 Å². The molecule has 0 aliphatic rings. The second-order valence-corrected chi connectivity index (χ2v) is 7.47. The Balaban J connectivity index is 1.80. The van der Waals surface area contributed by atoms with Crippen LogP contribution in [-0.4, -0.2) is 32.8 Å². The monoisotopic (exact) mass is 443 g/mol. The predicted molar refractivity (Wildman–Crippen MR) is 106 cm³/mol. The molecule has 160 valence electrons. The van der Waals surface area contributed by atoms with E-state index in [1.807, 2.05) is 6.92 Å². The number of alkyl halides is 3. The summed E-state index contributed by atoms with van der Waals surface area (Å²) in [6, 6.07) is 7.12. The van der Waals surface area contributed by atoms with E-state index in [1.54, 1.807) is 16.9 Å². The van der Waals surface area contributed by atoms with Crippen LogP contribution < -0.4 is 20.5 Å². The molecule has 0 aliphatic carbocycles. The lowest BCUT2D eigenvalue weighted by atomic mass is 10.1. The summed E-state index contributed by atoms with van der Waals surface area (Å²) in [7, 11) is -3.20. The molecule has 0 radical (unpaired) electrons. The number of rotatable bonds is 7. The molecule has 0 amide bonds. The minimum absolute atomic E-state index is 0.0504. The molecular weight excluding hydrogens is 426 g/mol. The predicted octanol–water partition coefficient (Wildman–Crippen LogP) is 3.56. The van der Waals surface area contributed by atoms with Gasteiger partial charge in [-0.2, -0.15) is 13.2 Å². The van der Waals surface area contributed by atoms with Crippen LogP contribution in [0.15, 0.2) is 36.7 Å². The molecule has 0 bridgehead atoms. The maximum atomic E-state index is 13.7. The van der Waals surface area contributed by atoms with E-state index in [2.05, 4.69) is 15.3 Å². The van der Waals surface area contributed by atoms with E-state index in [9.17, 15) is 21.8 Å². The fourth-order valence-electron chi connectivity index (χ4n) is 2.74. The zero-order chi connectivity index (χ0) is 21.9. The van der Waals surface area contributed by atoms with Crippen LogP contribution in [0.1, 0.15) is 5.56 Å². The minimum Gasteiger partial charge on any atom is -0.490 e. The second kappa shape index (κ2) is 8.79. The molecule has 12 heteroatoms. The lowest BCUT2D eigenvalue weighted by molar-refractivity contribution is -0.0394. The van der Waals surface area contributed by atoms with Gasteiger partial charge in [-0.25, -0.2) is 23.3 Å². The van der Waals surface area contributed by atoms with Crippen LogP contribution in [0.4, 0.5) is 34.8 Å². The molecule has 0 saturated heterocycles. The number of ether oxygens (including phenoxy) is 1. The maximum Gasteiger partial charge on any atom is 0.485 e. The van der Waals surface area contributed by atoms with Gasteiger partial charge in [-0.15, -0.1) is 0 Å². The van der Waals surface area contributed by atoms with E-state index in [0.717, 1.165) is 11.6 Å². The van der Waals surface area contributed by atoms with E-state index in [0.29, 0.717) is 28.1 Å². The van der Waals surface area contributed by atoms with Gasteiger partial charge < -0.3 is 15.8 Å². The molecular formula is C18H17F4N5O2S. The van der Waals surface area contributed by atoms with Crippen LogP contribution in [-0.2, 0) is 11.0 Å². The Bertz CT molecular complexity index is 1090. The number of benzene rings is 2. The van der Waals surface area contributed by atoms with Gasteiger partial charge in [-0.1, -0.05) is 0 Å². The van der Waals surface area contributed by atoms with Gasteiger partial charge in [-0.05, 0) is 36.8 Å². The molecule has 0 spiro atoms. The van der Waals surface area contributed by atoms with Gasteiger partial charge in [0.2, 0.25) is 0 Å². The highest BCUT2D eigenvalue weighted by molar-refractivity contribution is 7.83. The van der Waals surface area contributed by atoms with Crippen molar-refractivity contribution in [2.75, 3.05) is 24.2 Å². The van der Waals surface area contributed by atoms with Crippen LogP contribution in [0, 0.1) is 12.7 Å². The van der Waals surface area contributed by atoms with Crippen LogP contribution in [0.25, 0.3) is 10.9 Å². The summed E-state index contributed by atoms with van der Waals surface area (Å²) in [5.74, 6) is -0.126. The first kappa shape index (κ1) is 21.7. The van der Waals surface area contributed by atoms with E-state index in [4.69, 9.17) is 10.5 Å². The van der Waals surface area contributed by atoms with Gasteiger partial charge >= 0.3 is 5.51 Å². The summed E-state index contributed by atoms with van der Waals surface area (Å²) in [5.41, 5.74) is 3.27. The van der Waals surface area contributed by atoms with Gasteiger partial charge in [0.15, 0.2) is 11.0 Å². The molecule has 1 aromatic heterocycles. The average Bonchev–Trinajstić information content (AvgIpc) is 2.65. The molecule has 4 N–H and O–H groups in total. The number of aryl methyl sites for hydroxylation is 1. The zero-order valence-electron chi connectivity index (χ0n) is 15.6. The summed E-state index contributed by atoms with van der Waals surface area (Å²) in [6.45, 7) is 1.19. The number of nitrogens with two attached hydrogens (primary N) is 1. The topological polar surface area (TPSA) is 102 Å². The van der Waals surface area contributed by atoms with Gasteiger partial charge in [0.1, 0.15) is 30.3 Å². The lowest BCUT2D eigenvalue weighted by Crippen LogP contribution is -2.32. The van der Waals surface area contributed by atoms with Crippen molar-refractivity contribution in [3.05, 3.63) is 48.0 Å². The Morgan fingerprint density at radius 3 is 2.70 bits per heavy atom. The average molecular weight is 443 g/mol. The van der Waals surface area contributed by atoms with Gasteiger partial charge in [0, 0.05) is 23.7 Å². The van der Waals surface area contributed by atoms with Crippen molar-refractivity contribution in [2.24, 2.45) is 0 Å². The van der Waals surface area contributed by atoms with Crippen LogP contribution in [0.5, 0.6) is 5.75 Å². The number of aromatic nitrogens is 2. The molecule has 0 fully saturated rings. The summed E-state index contributed by atoms with van der Waals surface area (Å²) in [4.78, 5) is 8.40. The van der Waals surface area contributed by atoms with Crippen molar-refractivity contribution >= 4 is 39.1 Å². The normalized spacial score (nSPS) is 12.7. The van der Waals surface area contributed by atoms with Gasteiger partial charge in [-0.3, -0.25) is 0 Å². The molecule has 0 aliphatic heterocycles. The third kappa shape index (κ3) is 5.13. The highest BCUT2D eigenvalue weighted by Gasteiger charge is 2.36. The van der Waals surface area contributed by atoms with E-state index >= 15 is 0 Å². The number of anilines is 3. The maximum absolute atomic E-state index is 13.7. The standard InChI is InChI=1S/C18H17F4N5O2S/c1-10-6-12(23)8-14-16(10)17(25-9-24-14)27-13-3-2-11(19)7-15(13)29-5-4-26-30(28)18(20,21)22/h2-3,6-9,26H,4-5,23H2,1H3,(H,24,25,27). The SMILES string of the molecule is Cc1cc(N)cc2ncnc(Nc3ccc(F)cc3OCCNS(=O)C(F)(F)F)c12. The van der Waals surface area contributed by atoms with Gasteiger partial charge in [0.05, 0.1) is 11.2 Å². The number of nitrogens with one attached hydrogen (secondary N) is 2. The zero-order valence-corrected chi connectivity index (χ0v) is 16.4. The Morgan fingerprint density at radius 1 is 1.20 bits per heavy atom. The van der Waals surface area contributed by atoms with E-state index < -0.39 is 22.3 Å². The summed E-state index contributed by atoms with van der Waals surface area (Å²) >= 11 is 0. The summed E-state index contributed by atoms with van der Waals surface area (Å²) in [6.07, 6.45) is 1.34. The first-order chi connectivity index (χ1) is 14.1. The van der Waals surface area contributed by atoms with Crippen molar-refractivity contribution in [3.8, 4) is 5.75 Å². The fraction of sp³-hybridized carbons (Fsp3) is 0.222. The first-order valence-corrected chi connectivity index (χ1v) is 9.72. The molecule has 1 unspecified atom stereocenters. The number of nitrogens with zero attached hydrogens (tertiary/aromatic N) is 2. The molecule has 1 atom stereocenters. The lowest BCUT2D eigenvalue weighted by Gasteiger charge is -2.15. The smallest absolute Gasteiger partial charge is 0.485 e. The highest BCUT2D eigenvalue weighted by Crippen LogP contribution is 2.32. The minimum atomic E-state index is -4.87. The molecule has 7 nitrogen and oxygen atoms in total. The second-order valence-electron chi connectivity index (χ2n) is 6.18. The molecule has 1 heterocycles. The Labute approximate surface area is 171 Å². The van der Waals surface area contributed by atoms with Crippen LogP contribution in [0.3, 0.4) is 0 Å². The number of hydrogen-bond acceptors (Lipinski definition) is 6. The number of fused-ring (bicyclic) bond motifs is 1. The first-order valence-electron chi connectivity index (χ1n) is 8.57. The summed E-state index contributed by atoms with van der Waals surface area (Å²) in [5, 5.41) is 3.73.